The number of nitrogens with zero attached hydrogens (tertiary/aromatic N) is 1. The Hall–Kier alpha value is -1.32. The van der Waals surface area contributed by atoms with Crippen LogP contribution >= 0.6 is 0 Å². The number of fused-ring (bicyclic) bond motifs is 1. The number of phenolic OH excluding ortho intramolecular Hbond substituents is 1. The summed E-state index contributed by atoms with van der Waals surface area (Å²) in [6.45, 7) is 9.09. The largest absolute Gasteiger partial charge is 0.508 e. The lowest BCUT2D eigenvalue weighted by atomic mass is 9.52. The van der Waals surface area contributed by atoms with Crippen molar-refractivity contribution >= 4 is 0 Å². The Morgan fingerprint density at radius 1 is 1.45 bits per heavy atom. The fourth-order valence-corrected chi connectivity index (χ4v) is 5.31. The molecule has 0 spiro atoms. The maximum Gasteiger partial charge on any atom is 0.115 e. The van der Waals surface area contributed by atoms with E-state index in [2.05, 4.69) is 24.5 Å². The van der Waals surface area contributed by atoms with Crippen LogP contribution in [0.2, 0.25) is 0 Å². The molecular weight excluding hydrogens is 274 g/mol. The Labute approximate surface area is 132 Å². The molecule has 3 heteroatoms. The second kappa shape index (κ2) is 4.84. The second-order valence-electron chi connectivity index (χ2n) is 7.24. The Balaban J connectivity index is 1.90. The number of hydrogen-bond donors (Lipinski definition) is 1. The summed E-state index contributed by atoms with van der Waals surface area (Å²) in [4.78, 5) is 2.53. The molecule has 2 heterocycles. The van der Waals surface area contributed by atoms with Gasteiger partial charge in [-0.2, -0.15) is 0 Å². The SMILES string of the molecule is C=CCN1CC[C@]23CCCO[C@@]2(C)[C@H]1Cc1ccc(O)cc13. The summed E-state index contributed by atoms with van der Waals surface area (Å²) < 4.78 is 6.44. The van der Waals surface area contributed by atoms with Gasteiger partial charge in [0, 0.05) is 24.6 Å². The molecule has 0 aromatic heterocycles. The summed E-state index contributed by atoms with van der Waals surface area (Å²) >= 11 is 0. The van der Waals surface area contributed by atoms with Crippen molar-refractivity contribution in [1.29, 1.82) is 0 Å². The molecule has 1 aliphatic carbocycles. The first-order valence-electron chi connectivity index (χ1n) is 8.42. The van der Waals surface area contributed by atoms with Gasteiger partial charge >= 0.3 is 0 Å². The summed E-state index contributed by atoms with van der Waals surface area (Å²) in [6.07, 6.45) is 6.38. The number of hydrogen-bond acceptors (Lipinski definition) is 3. The van der Waals surface area contributed by atoms with Gasteiger partial charge < -0.3 is 9.84 Å². The van der Waals surface area contributed by atoms with Crippen LogP contribution < -0.4 is 0 Å². The molecule has 3 atom stereocenters. The van der Waals surface area contributed by atoms with E-state index in [0.717, 1.165) is 39.0 Å². The highest BCUT2D eigenvalue weighted by Crippen LogP contribution is 2.57. The highest BCUT2D eigenvalue weighted by atomic mass is 16.5. The molecule has 0 radical (unpaired) electrons. The third kappa shape index (κ3) is 1.70. The van der Waals surface area contributed by atoms with E-state index in [9.17, 15) is 5.11 Å². The van der Waals surface area contributed by atoms with Gasteiger partial charge in [0.05, 0.1) is 5.60 Å². The minimum atomic E-state index is -0.159. The van der Waals surface area contributed by atoms with Gasteiger partial charge in [-0.3, -0.25) is 4.90 Å². The molecule has 22 heavy (non-hydrogen) atoms. The van der Waals surface area contributed by atoms with Crippen molar-refractivity contribution in [2.24, 2.45) is 0 Å². The van der Waals surface area contributed by atoms with Crippen LogP contribution in [0.15, 0.2) is 30.9 Å². The van der Waals surface area contributed by atoms with Crippen molar-refractivity contribution < 1.29 is 9.84 Å². The van der Waals surface area contributed by atoms with Crippen LogP contribution in [0.4, 0.5) is 0 Å². The van der Waals surface area contributed by atoms with E-state index in [1.807, 2.05) is 18.2 Å². The zero-order valence-electron chi connectivity index (χ0n) is 13.3. The van der Waals surface area contributed by atoms with Crippen molar-refractivity contribution in [3.8, 4) is 5.75 Å². The van der Waals surface area contributed by atoms with E-state index >= 15 is 0 Å². The number of rotatable bonds is 2. The number of piperidine rings is 1. The summed E-state index contributed by atoms with van der Waals surface area (Å²) in [5.41, 5.74) is 2.62. The molecule has 3 nitrogen and oxygen atoms in total. The first-order valence-corrected chi connectivity index (χ1v) is 8.42. The molecule has 3 aliphatic rings. The summed E-state index contributed by atoms with van der Waals surface area (Å²) in [5, 5.41) is 10.0. The lowest BCUT2D eigenvalue weighted by Gasteiger charge is -2.64. The van der Waals surface area contributed by atoms with Gasteiger partial charge in [-0.15, -0.1) is 6.58 Å². The molecule has 0 saturated carbocycles. The van der Waals surface area contributed by atoms with Crippen molar-refractivity contribution in [1.82, 2.24) is 4.90 Å². The van der Waals surface area contributed by atoms with E-state index in [0.29, 0.717) is 11.8 Å². The highest BCUT2D eigenvalue weighted by Gasteiger charge is 2.62. The molecule has 2 bridgehead atoms. The van der Waals surface area contributed by atoms with Crippen molar-refractivity contribution in [3.63, 3.8) is 0 Å². The minimum Gasteiger partial charge on any atom is -0.508 e. The molecular formula is C19H25NO2. The maximum absolute atomic E-state index is 10.0. The normalized spacial score (nSPS) is 37.2. The van der Waals surface area contributed by atoms with Gasteiger partial charge in [-0.25, -0.2) is 0 Å². The van der Waals surface area contributed by atoms with Crippen LogP contribution in [0.1, 0.15) is 37.3 Å². The third-order valence-electron chi connectivity index (χ3n) is 6.39. The first kappa shape index (κ1) is 14.3. The van der Waals surface area contributed by atoms with Crippen molar-refractivity contribution in [2.45, 2.75) is 49.7 Å². The first-order chi connectivity index (χ1) is 10.6. The molecule has 1 aromatic carbocycles. The van der Waals surface area contributed by atoms with E-state index in [1.165, 1.54) is 17.5 Å². The third-order valence-corrected chi connectivity index (χ3v) is 6.39. The number of phenols is 1. The Kier molecular flexibility index (Phi) is 3.14. The summed E-state index contributed by atoms with van der Waals surface area (Å²) in [7, 11) is 0. The molecule has 0 unspecified atom stereocenters. The van der Waals surface area contributed by atoms with Crippen molar-refractivity contribution in [3.05, 3.63) is 42.0 Å². The Bertz CT molecular complexity index is 613. The van der Waals surface area contributed by atoms with Crippen LogP contribution in [0.25, 0.3) is 0 Å². The van der Waals surface area contributed by atoms with E-state index in [1.54, 1.807) is 0 Å². The lowest BCUT2D eigenvalue weighted by Crippen LogP contribution is -2.72. The van der Waals surface area contributed by atoms with Gasteiger partial charge in [0.25, 0.3) is 0 Å². The highest BCUT2D eigenvalue weighted by molar-refractivity contribution is 5.47. The molecule has 2 fully saturated rings. The predicted octanol–water partition coefficient (Wildman–Crippen LogP) is 3.02. The van der Waals surface area contributed by atoms with Crippen LogP contribution in [0.5, 0.6) is 5.75 Å². The Morgan fingerprint density at radius 3 is 3.14 bits per heavy atom. The zero-order chi connectivity index (χ0) is 15.4. The van der Waals surface area contributed by atoms with Crippen molar-refractivity contribution in [2.75, 3.05) is 19.7 Å². The Morgan fingerprint density at radius 2 is 2.32 bits per heavy atom. The summed E-state index contributed by atoms with van der Waals surface area (Å²) in [6, 6.07) is 6.35. The lowest BCUT2D eigenvalue weighted by molar-refractivity contribution is -0.195. The molecule has 4 rings (SSSR count). The second-order valence-corrected chi connectivity index (χ2v) is 7.24. The van der Waals surface area contributed by atoms with E-state index in [-0.39, 0.29) is 11.0 Å². The zero-order valence-corrected chi connectivity index (χ0v) is 13.3. The van der Waals surface area contributed by atoms with Gasteiger partial charge in [-0.1, -0.05) is 12.1 Å². The quantitative estimate of drug-likeness (QED) is 0.852. The van der Waals surface area contributed by atoms with Gasteiger partial charge in [0.15, 0.2) is 0 Å². The molecule has 2 saturated heterocycles. The smallest absolute Gasteiger partial charge is 0.115 e. The molecule has 1 aromatic rings. The van der Waals surface area contributed by atoms with Crippen LogP contribution in [-0.4, -0.2) is 41.3 Å². The number of aromatic hydroxyl groups is 1. The van der Waals surface area contributed by atoms with Gasteiger partial charge in [0.1, 0.15) is 5.75 Å². The van der Waals surface area contributed by atoms with Crippen LogP contribution in [0.3, 0.4) is 0 Å². The topological polar surface area (TPSA) is 32.7 Å². The number of ether oxygens (including phenoxy) is 1. The fourth-order valence-electron chi connectivity index (χ4n) is 5.31. The number of benzene rings is 1. The maximum atomic E-state index is 10.0. The molecule has 0 amide bonds. The minimum absolute atomic E-state index is 0.0555. The average Bonchev–Trinajstić information content (AvgIpc) is 2.50. The number of likely N-dealkylation sites (tertiary alicyclic amines) is 1. The molecule has 2 aliphatic heterocycles. The monoisotopic (exact) mass is 299 g/mol. The van der Waals surface area contributed by atoms with E-state index in [4.69, 9.17) is 4.74 Å². The molecule has 118 valence electrons. The van der Waals surface area contributed by atoms with E-state index < -0.39 is 0 Å². The summed E-state index contributed by atoms with van der Waals surface area (Å²) in [5.74, 6) is 0.382. The molecule has 1 N–H and O–H groups in total. The standard InChI is InChI=1S/C19H25NO2/c1-3-9-20-10-8-19-7-4-11-22-18(19,2)17(20)12-14-5-6-15(21)13-16(14)19/h3,5-6,13,17,21H,1,4,7-12H2,2H3/t17-,18+,19+/m1/s1. The van der Waals surface area contributed by atoms with Gasteiger partial charge in [-0.05, 0) is 62.4 Å². The average molecular weight is 299 g/mol. The van der Waals surface area contributed by atoms with Crippen LogP contribution in [0, 0.1) is 0 Å². The fraction of sp³-hybridized carbons (Fsp3) is 0.579. The van der Waals surface area contributed by atoms with Gasteiger partial charge in [0.2, 0.25) is 0 Å². The predicted molar refractivity (Wildman–Crippen MR) is 87.3 cm³/mol. The van der Waals surface area contributed by atoms with Crippen LogP contribution in [-0.2, 0) is 16.6 Å².